The number of hydrogen-bond donors (Lipinski definition) is 1. The van der Waals surface area contributed by atoms with E-state index in [2.05, 4.69) is 14.6 Å². The zero-order valence-corrected chi connectivity index (χ0v) is 9.11. The molecule has 1 saturated heterocycles. The van der Waals surface area contributed by atoms with E-state index >= 15 is 0 Å². The highest BCUT2D eigenvalue weighted by atomic mass is 35.5. The van der Waals surface area contributed by atoms with Crippen LogP contribution in [0.2, 0.25) is 5.15 Å². The second kappa shape index (κ2) is 3.29. The molecule has 2 aliphatic heterocycles. The molecule has 3 rings (SSSR count). The highest BCUT2D eigenvalue weighted by molar-refractivity contribution is 7.97. The fraction of sp³-hybridized carbons (Fsp3) is 0.444. The van der Waals surface area contributed by atoms with Crippen LogP contribution in [0, 0.1) is 0 Å². The van der Waals surface area contributed by atoms with Gasteiger partial charge in [-0.05, 0) is 30.5 Å². The number of nitrogens with zero attached hydrogens (tertiary/aromatic N) is 2. The quantitative estimate of drug-likeness (QED) is 0.544. The van der Waals surface area contributed by atoms with E-state index in [0.29, 0.717) is 11.2 Å². The molecule has 0 spiro atoms. The molecule has 3 heterocycles. The van der Waals surface area contributed by atoms with Crippen LogP contribution < -0.4 is 5.32 Å². The van der Waals surface area contributed by atoms with Crippen LogP contribution in [0.5, 0.6) is 0 Å². The molecule has 0 radical (unpaired) electrons. The molecule has 1 aromatic heterocycles. The summed E-state index contributed by atoms with van der Waals surface area (Å²) < 4.78 is 2.37. The van der Waals surface area contributed by atoms with Gasteiger partial charge in [-0.2, -0.15) is 0 Å². The van der Waals surface area contributed by atoms with Crippen molar-refractivity contribution in [2.75, 3.05) is 18.4 Å². The molecule has 1 N–H and O–H groups in total. The van der Waals surface area contributed by atoms with Crippen molar-refractivity contribution >= 4 is 29.4 Å². The van der Waals surface area contributed by atoms with Gasteiger partial charge in [-0.25, -0.2) is 9.29 Å². The molecule has 2 bridgehead atoms. The summed E-state index contributed by atoms with van der Waals surface area (Å²) in [6.45, 7) is 2.25. The van der Waals surface area contributed by atoms with Gasteiger partial charge in [-0.3, -0.25) is 0 Å². The summed E-state index contributed by atoms with van der Waals surface area (Å²) in [7, 11) is 0. The van der Waals surface area contributed by atoms with Crippen LogP contribution in [0.25, 0.3) is 0 Å². The van der Waals surface area contributed by atoms with Gasteiger partial charge in [0, 0.05) is 19.1 Å². The lowest BCUT2D eigenvalue weighted by Gasteiger charge is -2.14. The Morgan fingerprint density at radius 1 is 1.57 bits per heavy atom. The largest absolute Gasteiger partial charge is 0.365 e. The first kappa shape index (κ1) is 8.83. The summed E-state index contributed by atoms with van der Waals surface area (Å²) in [5.74, 6) is 0.940. The van der Waals surface area contributed by atoms with Gasteiger partial charge in [0.1, 0.15) is 11.0 Å². The van der Waals surface area contributed by atoms with Gasteiger partial charge in [0.15, 0.2) is 0 Å². The minimum absolute atomic E-state index is 0.537. The molecule has 0 amide bonds. The summed E-state index contributed by atoms with van der Waals surface area (Å²) in [5, 5.41) is 3.99. The smallest absolute Gasteiger partial charge is 0.143 e. The summed E-state index contributed by atoms with van der Waals surface area (Å²) in [5.41, 5.74) is 0. The van der Waals surface area contributed by atoms with Gasteiger partial charge in [-0.15, -0.1) is 0 Å². The summed E-state index contributed by atoms with van der Waals surface area (Å²) >= 11 is 7.64. The standard InChI is InChI=1S/C9H10ClN3S/c10-8-2-1-7-9(12-8)11-6-3-4-13(5-6)14-7/h1-2,6H,3-5H2,(H,11,12)/t6-/m0/s1. The Bertz CT molecular complexity index is 371. The third-order valence-corrected chi connectivity index (χ3v) is 3.87. The van der Waals surface area contributed by atoms with Crippen molar-refractivity contribution in [3.05, 3.63) is 17.3 Å². The van der Waals surface area contributed by atoms with Crippen molar-refractivity contribution in [1.29, 1.82) is 0 Å². The first-order valence-corrected chi connectivity index (χ1v) is 5.82. The SMILES string of the molecule is Clc1ccc2c(n1)N[C@H]1CCN(C1)S2. The predicted molar refractivity (Wildman–Crippen MR) is 58.7 cm³/mol. The van der Waals surface area contributed by atoms with Crippen molar-refractivity contribution < 1.29 is 0 Å². The predicted octanol–water partition coefficient (Wildman–Crippen LogP) is 2.24. The minimum Gasteiger partial charge on any atom is -0.365 e. The van der Waals surface area contributed by atoms with E-state index in [1.54, 1.807) is 11.9 Å². The van der Waals surface area contributed by atoms with E-state index < -0.39 is 0 Å². The summed E-state index contributed by atoms with van der Waals surface area (Å²) in [6.07, 6.45) is 1.20. The minimum atomic E-state index is 0.537. The summed E-state index contributed by atoms with van der Waals surface area (Å²) in [6, 6.07) is 4.41. The monoisotopic (exact) mass is 227 g/mol. The molecule has 0 saturated carbocycles. The number of hydrogen-bond acceptors (Lipinski definition) is 4. The lowest BCUT2D eigenvalue weighted by atomic mass is 10.2. The topological polar surface area (TPSA) is 28.2 Å². The molecule has 0 aromatic carbocycles. The Morgan fingerprint density at radius 2 is 2.50 bits per heavy atom. The van der Waals surface area contributed by atoms with Gasteiger partial charge >= 0.3 is 0 Å². The van der Waals surface area contributed by atoms with Crippen LogP contribution in [-0.2, 0) is 0 Å². The highest BCUT2D eigenvalue weighted by Crippen LogP contribution is 2.36. The van der Waals surface area contributed by atoms with E-state index in [-0.39, 0.29) is 0 Å². The van der Waals surface area contributed by atoms with Gasteiger partial charge in [0.2, 0.25) is 0 Å². The van der Waals surface area contributed by atoms with Crippen LogP contribution >= 0.6 is 23.5 Å². The van der Waals surface area contributed by atoms with E-state index in [1.165, 1.54) is 11.3 Å². The number of pyridine rings is 1. The molecule has 0 aliphatic carbocycles. The molecule has 1 fully saturated rings. The van der Waals surface area contributed by atoms with Crippen molar-refractivity contribution in [3.8, 4) is 0 Å². The number of rotatable bonds is 0. The lowest BCUT2D eigenvalue weighted by molar-refractivity contribution is 0.582. The second-order valence-electron chi connectivity index (χ2n) is 3.59. The number of anilines is 1. The van der Waals surface area contributed by atoms with Gasteiger partial charge in [0.05, 0.1) is 4.90 Å². The molecule has 14 heavy (non-hydrogen) atoms. The Balaban J connectivity index is 2.02. The molecular formula is C9H10ClN3S. The van der Waals surface area contributed by atoms with Gasteiger partial charge < -0.3 is 5.32 Å². The van der Waals surface area contributed by atoms with E-state index in [4.69, 9.17) is 11.6 Å². The number of nitrogens with one attached hydrogen (secondary N) is 1. The van der Waals surface area contributed by atoms with Crippen molar-refractivity contribution in [2.45, 2.75) is 17.4 Å². The lowest BCUT2D eigenvalue weighted by Crippen LogP contribution is -2.20. The maximum absolute atomic E-state index is 5.86. The van der Waals surface area contributed by atoms with Crippen LogP contribution in [0.15, 0.2) is 17.0 Å². The molecular weight excluding hydrogens is 218 g/mol. The molecule has 1 aromatic rings. The van der Waals surface area contributed by atoms with Crippen molar-refractivity contribution in [1.82, 2.24) is 9.29 Å². The average molecular weight is 228 g/mol. The number of halogens is 1. The molecule has 3 nitrogen and oxygen atoms in total. The molecule has 2 aliphatic rings. The Kier molecular flexibility index (Phi) is 2.08. The summed E-state index contributed by atoms with van der Waals surface area (Å²) in [4.78, 5) is 5.48. The van der Waals surface area contributed by atoms with Crippen LogP contribution in [0.4, 0.5) is 5.82 Å². The first-order chi connectivity index (χ1) is 6.81. The normalized spacial score (nSPS) is 29.2. The average Bonchev–Trinajstić information content (AvgIpc) is 2.47. The zero-order chi connectivity index (χ0) is 9.54. The van der Waals surface area contributed by atoms with Crippen LogP contribution in [0.3, 0.4) is 0 Å². The van der Waals surface area contributed by atoms with E-state index in [0.717, 1.165) is 18.9 Å². The second-order valence-corrected chi connectivity index (χ2v) is 5.12. The highest BCUT2D eigenvalue weighted by Gasteiger charge is 2.28. The molecule has 5 heteroatoms. The molecule has 1 unspecified atom stereocenters. The van der Waals surface area contributed by atoms with Crippen LogP contribution in [-0.4, -0.2) is 28.4 Å². The Labute approximate surface area is 92.0 Å². The Morgan fingerprint density at radius 3 is 3.43 bits per heavy atom. The van der Waals surface area contributed by atoms with Crippen LogP contribution in [0.1, 0.15) is 6.42 Å². The van der Waals surface area contributed by atoms with Crippen molar-refractivity contribution in [2.24, 2.45) is 0 Å². The number of fused-ring (bicyclic) bond motifs is 3. The van der Waals surface area contributed by atoms with Gasteiger partial charge in [0.25, 0.3) is 0 Å². The first-order valence-electron chi connectivity index (χ1n) is 4.67. The number of aromatic nitrogens is 1. The van der Waals surface area contributed by atoms with Crippen molar-refractivity contribution in [3.63, 3.8) is 0 Å². The molecule has 2 atom stereocenters. The van der Waals surface area contributed by atoms with E-state index in [1.807, 2.05) is 12.1 Å². The molecule has 74 valence electrons. The van der Waals surface area contributed by atoms with Gasteiger partial charge in [-0.1, -0.05) is 11.6 Å². The maximum atomic E-state index is 5.86. The third-order valence-electron chi connectivity index (χ3n) is 2.54. The fourth-order valence-electron chi connectivity index (χ4n) is 1.86. The fourth-order valence-corrected chi connectivity index (χ4v) is 3.06. The maximum Gasteiger partial charge on any atom is 0.143 e. The Hall–Kier alpha value is -0.450. The zero-order valence-electron chi connectivity index (χ0n) is 7.53. The van der Waals surface area contributed by atoms with E-state index in [9.17, 15) is 0 Å². The third kappa shape index (κ3) is 1.47.